The molecule has 0 bridgehead atoms. The highest BCUT2D eigenvalue weighted by atomic mass is 19.1. The zero-order chi connectivity index (χ0) is 9.05. The van der Waals surface area contributed by atoms with Gasteiger partial charge in [0.15, 0.2) is 0 Å². The Balaban J connectivity index is 2.18. The van der Waals surface area contributed by atoms with Gasteiger partial charge in [-0.25, -0.2) is 4.39 Å². The second-order valence-corrected chi connectivity index (χ2v) is 4.28. The van der Waals surface area contributed by atoms with Crippen LogP contribution in [0.1, 0.15) is 18.9 Å². The third kappa shape index (κ3) is 0.761. The molecule has 1 aliphatic heterocycles. The molecule has 1 aromatic rings. The third-order valence-corrected chi connectivity index (χ3v) is 3.58. The van der Waals surface area contributed by atoms with Gasteiger partial charge in [0.1, 0.15) is 5.82 Å². The fourth-order valence-corrected chi connectivity index (χ4v) is 2.57. The van der Waals surface area contributed by atoms with Gasteiger partial charge in [-0.05, 0) is 24.0 Å². The van der Waals surface area contributed by atoms with Crippen molar-refractivity contribution < 1.29 is 4.39 Å². The Kier molecular flexibility index (Phi) is 1.17. The van der Waals surface area contributed by atoms with Crippen molar-refractivity contribution in [3.8, 4) is 0 Å². The number of hydrogen-bond donors (Lipinski definition) is 1. The molecule has 1 fully saturated rings. The smallest absolute Gasteiger partial charge is 0.146 e. The average Bonchev–Trinajstić information content (AvgIpc) is 2.57. The van der Waals surface area contributed by atoms with E-state index in [0.29, 0.717) is 5.92 Å². The fourth-order valence-electron chi connectivity index (χ4n) is 2.57. The Bertz CT molecular complexity index is 374. The van der Waals surface area contributed by atoms with Gasteiger partial charge in [-0.2, -0.15) is 0 Å². The van der Waals surface area contributed by atoms with Crippen LogP contribution in [0.4, 0.5) is 10.1 Å². The molecule has 2 heteroatoms. The predicted molar refractivity (Wildman–Crippen MR) is 50.3 cm³/mol. The van der Waals surface area contributed by atoms with Gasteiger partial charge in [0.05, 0.1) is 5.69 Å². The molecule has 1 aromatic carbocycles. The summed E-state index contributed by atoms with van der Waals surface area (Å²) >= 11 is 0. The predicted octanol–water partition coefficient (Wildman–Crippen LogP) is 2.53. The first-order chi connectivity index (χ1) is 6.24. The highest BCUT2D eigenvalue weighted by Gasteiger charge is 2.56. The van der Waals surface area contributed by atoms with Gasteiger partial charge >= 0.3 is 0 Å². The summed E-state index contributed by atoms with van der Waals surface area (Å²) in [7, 11) is 0. The molecular weight excluding hydrogens is 165 g/mol. The lowest BCUT2D eigenvalue weighted by Crippen LogP contribution is -2.11. The van der Waals surface area contributed by atoms with E-state index in [1.54, 1.807) is 0 Å². The highest BCUT2D eigenvalue weighted by molar-refractivity contribution is 5.64. The van der Waals surface area contributed by atoms with E-state index < -0.39 is 0 Å². The van der Waals surface area contributed by atoms with E-state index in [1.165, 1.54) is 18.1 Å². The van der Waals surface area contributed by atoms with Gasteiger partial charge in [0.25, 0.3) is 0 Å². The summed E-state index contributed by atoms with van der Waals surface area (Å²) in [6.45, 7) is 3.16. The Morgan fingerprint density at radius 2 is 2.31 bits per heavy atom. The fraction of sp³-hybridized carbons (Fsp3) is 0.455. The van der Waals surface area contributed by atoms with E-state index in [2.05, 4.69) is 18.3 Å². The molecule has 1 spiro atoms. The maximum Gasteiger partial charge on any atom is 0.146 e. The molecule has 0 saturated heterocycles. The molecule has 0 aromatic heterocycles. The first-order valence-corrected chi connectivity index (χ1v) is 4.77. The number of halogens is 1. The van der Waals surface area contributed by atoms with Crippen LogP contribution < -0.4 is 5.32 Å². The number of hydrogen-bond acceptors (Lipinski definition) is 1. The van der Waals surface area contributed by atoms with Crippen molar-refractivity contribution in [1.29, 1.82) is 0 Å². The van der Waals surface area contributed by atoms with Crippen molar-refractivity contribution in [2.45, 2.75) is 18.8 Å². The lowest BCUT2D eigenvalue weighted by molar-refractivity contribution is 0.630. The van der Waals surface area contributed by atoms with Crippen LogP contribution in [0, 0.1) is 11.7 Å². The van der Waals surface area contributed by atoms with Gasteiger partial charge in [0, 0.05) is 12.0 Å². The summed E-state index contributed by atoms with van der Waals surface area (Å²) in [5.41, 5.74) is 2.21. The number of anilines is 1. The molecule has 13 heavy (non-hydrogen) atoms. The van der Waals surface area contributed by atoms with Gasteiger partial charge < -0.3 is 5.32 Å². The van der Waals surface area contributed by atoms with Crippen molar-refractivity contribution in [3.05, 3.63) is 29.6 Å². The maximum atomic E-state index is 13.3. The molecule has 0 radical (unpaired) electrons. The molecule has 68 valence electrons. The molecule has 1 saturated carbocycles. The summed E-state index contributed by atoms with van der Waals surface area (Å²) in [6.07, 6.45) is 1.20. The minimum Gasteiger partial charge on any atom is -0.382 e. The van der Waals surface area contributed by atoms with Crippen LogP contribution in [0.5, 0.6) is 0 Å². The van der Waals surface area contributed by atoms with E-state index in [-0.39, 0.29) is 11.2 Å². The monoisotopic (exact) mass is 177 g/mol. The summed E-state index contributed by atoms with van der Waals surface area (Å²) < 4.78 is 13.3. The molecule has 2 aliphatic rings. The summed E-state index contributed by atoms with van der Waals surface area (Å²) in [6, 6.07) is 5.40. The van der Waals surface area contributed by atoms with E-state index >= 15 is 0 Å². The Labute approximate surface area is 77.0 Å². The Hall–Kier alpha value is -1.05. The largest absolute Gasteiger partial charge is 0.382 e. The van der Waals surface area contributed by atoms with Crippen molar-refractivity contribution in [2.75, 3.05) is 11.9 Å². The van der Waals surface area contributed by atoms with Crippen LogP contribution in [0.15, 0.2) is 18.2 Å². The third-order valence-electron chi connectivity index (χ3n) is 3.58. The van der Waals surface area contributed by atoms with Crippen LogP contribution in [-0.2, 0) is 5.41 Å². The molecule has 2 unspecified atom stereocenters. The minimum atomic E-state index is -0.103. The highest BCUT2D eigenvalue weighted by Crippen LogP contribution is 2.59. The Morgan fingerprint density at radius 1 is 1.54 bits per heavy atom. The second kappa shape index (κ2) is 2.06. The number of para-hydroxylation sites is 1. The van der Waals surface area contributed by atoms with Crippen molar-refractivity contribution in [2.24, 2.45) is 5.92 Å². The lowest BCUT2D eigenvalue weighted by atomic mass is 9.96. The lowest BCUT2D eigenvalue weighted by Gasteiger charge is -2.06. The SMILES string of the molecule is CC1CC12CNc1c(F)cccc12. The average molecular weight is 177 g/mol. The van der Waals surface area contributed by atoms with Crippen LogP contribution in [0.2, 0.25) is 0 Å². The first-order valence-electron chi connectivity index (χ1n) is 4.77. The summed E-state index contributed by atoms with van der Waals surface area (Å²) in [5.74, 6) is 0.608. The van der Waals surface area contributed by atoms with Crippen LogP contribution in [-0.4, -0.2) is 6.54 Å². The normalized spacial score (nSPS) is 34.5. The molecule has 1 aliphatic carbocycles. The molecule has 1 N–H and O–H groups in total. The van der Waals surface area contributed by atoms with E-state index in [0.717, 1.165) is 12.2 Å². The van der Waals surface area contributed by atoms with Gasteiger partial charge in [-0.3, -0.25) is 0 Å². The van der Waals surface area contributed by atoms with Crippen molar-refractivity contribution in [1.82, 2.24) is 0 Å². The number of nitrogens with one attached hydrogen (secondary N) is 1. The van der Waals surface area contributed by atoms with Gasteiger partial charge in [-0.1, -0.05) is 19.1 Å². The maximum absolute atomic E-state index is 13.3. The molecule has 1 nitrogen and oxygen atoms in total. The Morgan fingerprint density at radius 3 is 3.00 bits per heavy atom. The minimum absolute atomic E-state index is 0.103. The van der Waals surface area contributed by atoms with Crippen LogP contribution >= 0.6 is 0 Å². The van der Waals surface area contributed by atoms with Crippen LogP contribution in [0.3, 0.4) is 0 Å². The standard InChI is InChI=1S/C11H12FN/c1-7-5-11(7)6-13-10-8(11)3-2-4-9(10)12/h2-4,7,13H,5-6H2,1H3. The second-order valence-electron chi connectivity index (χ2n) is 4.28. The van der Waals surface area contributed by atoms with Gasteiger partial charge in [0.2, 0.25) is 0 Å². The summed E-state index contributed by atoms with van der Waals surface area (Å²) in [4.78, 5) is 0. The first kappa shape index (κ1) is 7.36. The number of benzene rings is 1. The number of fused-ring (bicyclic) bond motifs is 2. The zero-order valence-electron chi connectivity index (χ0n) is 7.60. The molecule has 3 rings (SSSR count). The van der Waals surface area contributed by atoms with E-state index in [9.17, 15) is 4.39 Å². The number of rotatable bonds is 0. The van der Waals surface area contributed by atoms with Crippen molar-refractivity contribution >= 4 is 5.69 Å². The molecule has 2 atom stereocenters. The zero-order valence-corrected chi connectivity index (χ0v) is 7.60. The summed E-state index contributed by atoms with van der Waals surface area (Å²) in [5, 5.41) is 3.18. The van der Waals surface area contributed by atoms with Gasteiger partial charge in [-0.15, -0.1) is 0 Å². The quantitative estimate of drug-likeness (QED) is 0.642. The van der Waals surface area contributed by atoms with Crippen molar-refractivity contribution in [3.63, 3.8) is 0 Å². The van der Waals surface area contributed by atoms with Crippen LogP contribution in [0.25, 0.3) is 0 Å². The molecule has 0 amide bonds. The van der Waals surface area contributed by atoms with E-state index in [4.69, 9.17) is 0 Å². The molecule has 1 heterocycles. The topological polar surface area (TPSA) is 12.0 Å². The molecular formula is C11H12FN. The van der Waals surface area contributed by atoms with E-state index in [1.807, 2.05) is 6.07 Å².